The number of hydrogen-bond acceptors (Lipinski definition) is 4. The Bertz CT molecular complexity index is 1250. The minimum absolute atomic E-state index is 0.157. The van der Waals surface area contributed by atoms with Crippen LogP contribution in [-0.2, 0) is 0 Å². The van der Waals surface area contributed by atoms with Crippen molar-refractivity contribution in [1.29, 1.82) is 0 Å². The molecule has 0 saturated heterocycles. The van der Waals surface area contributed by atoms with Gasteiger partial charge in [0.15, 0.2) is 11.4 Å². The number of nitrogens with zero attached hydrogens (tertiary/aromatic N) is 1. The average Bonchev–Trinajstić information content (AvgIpc) is 3.44. The molecule has 0 amide bonds. The Morgan fingerprint density at radius 3 is 2.48 bits per heavy atom. The second-order valence-electron chi connectivity index (χ2n) is 8.23. The molecule has 1 N–H and O–H groups in total. The largest absolute Gasteiger partial charge is 0.423 e. The zero-order chi connectivity index (χ0) is 21.4. The van der Waals surface area contributed by atoms with Gasteiger partial charge in [0.2, 0.25) is 0 Å². The number of aromatic nitrogens is 1. The van der Waals surface area contributed by atoms with E-state index in [0.29, 0.717) is 11.3 Å². The van der Waals surface area contributed by atoms with E-state index in [2.05, 4.69) is 10.3 Å². The number of fused-ring (bicyclic) bond motifs is 1. The van der Waals surface area contributed by atoms with Crippen LogP contribution in [0, 0.1) is 18.7 Å². The summed E-state index contributed by atoms with van der Waals surface area (Å²) in [5.74, 6) is -0.0187. The molecule has 0 atom stereocenters. The van der Waals surface area contributed by atoms with Crippen LogP contribution < -0.4 is 5.32 Å². The molecule has 0 unspecified atom stereocenters. The highest BCUT2D eigenvalue weighted by Gasteiger charge is 2.23. The maximum atomic E-state index is 14.8. The molecule has 1 aromatic heterocycles. The van der Waals surface area contributed by atoms with Crippen molar-refractivity contribution in [3.05, 3.63) is 77.6 Å². The summed E-state index contributed by atoms with van der Waals surface area (Å²) in [6.45, 7) is 1.98. The summed E-state index contributed by atoms with van der Waals surface area (Å²) in [7, 11) is 0. The normalized spacial score (nSPS) is 14.3. The third-order valence-electron chi connectivity index (χ3n) is 5.98. The van der Waals surface area contributed by atoms with Crippen LogP contribution in [0.3, 0.4) is 0 Å². The van der Waals surface area contributed by atoms with E-state index in [9.17, 15) is 9.18 Å². The fraction of sp³-hybridized carbons (Fsp3) is 0.231. The Hall–Kier alpha value is -3.47. The molecule has 0 radical (unpaired) electrons. The van der Waals surface area contributed by atoms with Crippen LogP contribution in [-0.4, -0.2) is 10.8 Å². The van der Waals surface area contributed by atoms with Gasteiger partial charge in [0.1, 0.15) is 11.3 Å². The highest BCUT2D eigenvalue weighted by Crippen LogP contribution is 2.30. The van der Waals surface area contributed by atoms with E-state index >= 15 is 0 Å². The number of anilines is 2. The van der Waals surface area contributed by atoms with Crippen LogP contribution in [0.5, 0.6) is 0 Å². The number of hydrogen-bond donors (Lipinski definition) is 1. The van der Waals surface area contributed by atoms with Gasteiger partial charge in [0.05, 0.1) is 5.69 Å². The van der Waals surface area contributed by atoms with Crippen molar-refractivity contribution in [2.75, 3.05) is 5.32 Å². The van der Waals surface area contributed by atoms with Crippen molar-refractivity contribution in [3.63, 3.8) is 0 Å². The van der Waals surface area contributed by atoms with E-state index in [1.165, 1.54) is 6.07 Å². The van der Waals surface area contributed by atoms with Crippen molar-refractivity contribution in [3.8, 4) is 11.1 Å². The number of halogens is 1. The number of aryl methyl sites for hydroxylation is 1. The lowest BCUT2D eigenvalue weighted by Gasteiger charge is -2.10. The van der Waals surface area contributed by atoms with E-state index in [4.69, 9.17) is 4.42 Å². The SMILES string of the molecule is Cc1ccc2oc(Nc3ccc(-c4ccc(C(=O)C5CCCC5)cc4)cc3F)nc2c1. The molecular weight excluding hydrogens is 391 g/mol. The molecule has 31 heavy (non-hydrogen) atoms. The molecule has 4 aromatic rings. The van der Waals surface area contributed by atoms with E-state index in [1.54, 1.807) is 6.07 Å². The lowest BCUT2D eigenvalue weighted by molar-refractivity contribution is 0.0923. The van der Waals surface area contributed by atoms with Gasteiger partial charge in [-0.1, -0.05) is 49.2 Å². The lowest BCUT2D eigenvalue weighted by atomic mass is 9.94. The number of nitrogens with one attached hydrogen (secondary N) is 1. The maximum absolute atomic E-state index is 14.8. The summed E-state index contributed by atoms with van der Waals surface area (Å²) < 4.78 is 20.4. The predicted octanol–water partition coefficient (Wildman–Crippen LogP) is 7.06. The topological polar surface area (TPSA) is 55.1 Å². The highest BCUT2D eigenvalue weighted by molar-refractivity contribution is 5.98. The van der Waals surface area contributed by atoms with Crippen LogP contribution in [0.15, 0.2) is 65.1 Å². The fourth-order valence-electron chi connectivity index (χ4n) is 4.25. The molecule has 1 saturated carbocycles. The summed E-state index contributed by atoms with van der Waals surface area (Å²) in [6.07, 6.45) is 4.24. The Morgan fingerprint density at radius 1 is 1.00 bits per heavy atom. The van der Waals surface area contributed by atoms with Gasteiger partial charge in [-0.25, -0.2) is 4.39 Å². The summed E-state index contributed by atoms with van der Waals surface area (Å²) in [6, 6.07) is 18.4. The van der Waals surface area contributed by atoms with Crippen LogP contribution >= 0.6 is 0 Å². The van der Waals surface area contributed by atoms with Gasteiger partial charge < -0.3 is 9.73 Å². The van der Waals surface area contributed by atoms with Crippen LogP contribution in [0.4, 0.5) is 16.1 Å². The standard InChI is InChI=1S/C26H23FN2O2/c1-16-6-13-24-23(14-16)29-26(31-24)28-22-12-11-20(15-21(22)27)17-7-9-19(10-8-17)25(30)18-4-2-3-5-18/h6-15,18H,2-5H2,1H3,(H,28,29). The summed E-state index contributed by atoms with van der Waals surface area (Å²) in [4.78, 5) is 16.9. The quantitative estimate of drug-likeness (QED) is 0.355. The zero-order valence-electron chi connectivity index (χ0n) is 17.3. The van der Waals surface area contributed by atoms with Gasteiger partial charge in [-0.15, -0.1) is 0 Å². The van der Waals surface area contributed by atoms with E-state index < -0.39 is 5.82 Å². The molecule has 1 fully saturated rings. The Morgan fingerprint density at radius 2 is 1.74 bits per heavy atom. The zero-order valence-corrected chi connectivity index (χ0v) is 17.3. The van der Waals surface area contributed by atoms with Gasteiger partial charge in [0.25, 0.3) is 6.01 Å². The van der Waals surface area contributed by atoms with Gasteiger partial charge >= 0.3 is 0 Å². The molecule has 0 aliphatic heterocycles. The molecule has 0 bridgehead atoms. The van der Waals surface area contributed by atoms with Gasteiger partial charge in [-0.3, -0.25) is 4.79 Å². The monoisotopic (exact) mass is 414 g/mol. The lowest BCUT2D eigenvalue weighted by Crippen LogP contribution is -2.10. The van der Waals surface area contributed by atoms with Crippen LogP contribution in [0.25, 0.3) is 22.2 Å². The predicted molar refractivity (Wildman–Crippen MR) is 120 cm³/mol. The van der Waals surface area contributed by atoms with Crippen molar-refractivity contribution >= 4 is 28.6 Å². The highest BCUT2D eigenvalue weighted by atomic mass is 19.1. The Labute approximate surface area is 180 Å². The van der Waals surface area contributed by atoms with Crippen LogP contribution in [0.2, 0.25) is 0 Å². The molecule has 156 valence electrons. The van der Waals surface area contributed by atoms with E-state index in [0.717, 1.165) is 53.5 Å². The van der Waals surface area contributed by atoms with Crippen molar-refractivity contribution in [2.45, 2.75) is 32.6 Å². The number of carbonyl (C=O) groups excluding carboxylic acids is 1. The number of ketones is 1. The third kappa shape index (κ3) is 3.96. The number of oxazole rings is 1. The second-order valence-corrected chi connectivity index (χ2v) is 8.23. The summed E-state index contributed by atoms with van der Waals surface area (Å²) >= 11 is 0. The third-order valence-corrected chi connectivity index (χ3v) is 5.98. The summed E-state index contributed by atoms with van der Waals surface area (Å²) in [5.41, 5.74) is 5.10. The van der Waals surface area contributed by atoms with E-state index in [1.807, 2.05) is 55.5 Å². The van der Waals surface area contributed by atoms with Crippen molar-refractivity contribution in [2.24, 2.45) is 5.92 Å². The fourth-order valence-corrected chi connectivity index (χ4v) is 4.25. The molecular formula is C26H23FN2O2. The van der Waals surface area contributed by atoms with Gasteiger partial charge in [-0.2, -0.15) is 4.98 Å². The number of carbonyl (C=O) groups is 1. The van der Waals surface area contributed by atoms with Gasteiger partial charge in [0, 0.05) is 11.5 Å². The Kier molecular flexibility index (Phi) is 5.02. The molecule has 0 spiro atoms. The minimum Gasteiger partial charge on any atom is -0.423 e. The van der Waals surface area contributed by atoms with Crippen LogP contribution in [0.1, 0.15) is 41.6 Å². The molecule has 1 aliphatic rings. The first-order valence-corrected chi connectivity index (χ1v) is 10.7. The number of benzene rings is 3. The first-order valence-electron chi connectivity index (χ1n) is 10.7. The molecule has 3 aromatic carbocycles. The maximum Gasteiger partial charge on any atom is 0.300 e. The Balaban J connectivity index is 1.34. The smallest absolute Gasteiger partial charge is 0.300 e. The molecule has 1 aliphatic carbocycles. The van der Waals surface area contributed by atoms with Gasteiger partial charge in [-0.05, 0) is 60.7 Å². The first-order chi connectivity index (χ1) is 15.1. The van der Waals surface area contributed by atoms with Crippen molar-refractivity contribution < 1.29 is 13.6 Å². The number of Topliss-reactive ketones (excluding diaryl/α,β-unsaturated/α-hetero) is 1. The van der Waals surface area contributed by atoms with E-state index in [-0.39, 0.29) is 17.7 Å². The molecule has 4 nitrogen and oxygen atoms in total. The molecule has 5 heteroatoms. The van der Waals surface area contributed by atoms with Crippen molar-refractivity contribution in [1.82, 2.24) is 4.98 Å². The number of rotatable bonds is 5. The second kappa shape index (κ2) is 7.99. The molecule has 5 rings (SSSR count). The minimum atomic E-state index is -0.401. The average molecular weight is 414 g/mol. The molecule has 1 heterocycles. The summed E-state index contributed by atoms with van der Waals surface area (Å²) in [5, 5.41) is 2.92. The first kappa shape index (κ1) is 19.5.